The second-order valence-electron chi connectivity index (χ2n) is 16.9. The van der Waals surface area contributed by atoms with E-state index in [9.17, 15) is 27.6 Å². The van der Waals surface area contributed by atoms with Crippen molar-refractivity contribution in [1.82, 2.24) is 31.6 Å². The first-order valence-corrected chi connectivity index (χ1v) is 21.5. The number of alkyl halides is 4. The van der Waals surface area contributed by atoms with Gasteiger partial charge in [-0.1, -0.05) is 44.9 Å². The maximum Gasteiger partial charge on any atom is 0.393 e. The highest BCUT2D eigenvalue weighted by Crippen LogP contribution is 2.42. The summed E-state index contributed by atoms with van der Waals surface area (Å²) in [4.78, 5) is 40.7. The summed E-state index contributed by atoms with van der Waals surface area (Å²) in [6.07, 6.45) is 14.7. The van der Waals surface area contributed by atoms with Gasteiger partial charge in [0.05, 0.1) is 11.8 Å². The lowest BCUT2D eigenvalue weighted by molar-refractivity contribution is -0.182. The van der Waals surface area contributed by atoms with E-state index in [0.29, 0.717) is 31.2 Å². The molecule has 2 amide bonds. The number of carbonyl (C=O) groups excluding carboxylic acids is 2. The number of hydrogen-bond donors (Lipinski definition) is 5. The smallest absolute Gasteiger partial charge is 0.393 e. The second-order valence-corrected chi connectivity index (χ2v) is 17.5. The molecule has 0 bridgehead atoms. The molecule has 2 saturated heterocycles. The molecule has 11 nitrogen and oxygen atoms in total. The maximum atomic E-state index is 13.8. The van der Waals surface area contributed by atoms with E-state index in [1.165, 1.54) is 12.6 Å². The number of carboxylic acid groups (broad SMARTS) is 1. The highest BCUT2D eigenvalue weighted by molar-refractivity contribution is 6.20. The number of aliphatic carboxylic acids is 1. The topological polar surface area (TPSA) is 138 Å². The normalized spacial score (nSPS) is 33.1. The van der Waals surface area contributed by atoms with Crippen molar-refractivity contribution in [3.05, 3.63) is 0 Å². The standard InChI is InChI=1S/C39H65ClF3N7O4/c40-34-17-15-27(22-33(34)39(41,42)43)24-44-47-38(54)32-23-31(49-19-8-5-9-20-49)16-18-35(32)45-37(53)29-12-10-11-28(21-29)25-50-26-30(46-48-50)13-6-3-1-2-4-7-14-36(51)52/h24,27-35,46,48H,1-23,25-26H2,(H,45,53)(H,47,54)(H,51,52)/b44-24+. The number of nitrogens with one attached hydrogen (secondary N) is 4. The zero-order chi connectivity index (χ0) is 38.5. The van der Waals surface area contributed by atoms with Gasteiger partial charge in [0.1, 0.15) is 0 Å². The Morgan fingerprint density at radius 2 is 1.63 bits per heavy atom. The fraction of sp³-hybridized carbons (Fsp3) is 0.897. The van der Waals surface area contributed by atoms with Crippen LogP contribution in [0.2, 0.25) is 0 Å². The van der Waals surface area contributed by atoms with Crippen LogP contribution in [0.25, 0.3) is 0 Å². The minimum Gasteiger partial charge on any atom is -0.481 e. The fourth-order valence-electron chi connectivity index (χ4n) is 9.66. The van der Waals surface area contributed by atoms with E-state index in [2.05, 4.69) is 36.7 Å². The van der Waals surface area contributed by atoms with E-state index < -0.39 is 35.3 Å². The molecule has 0 spiro atoms. The zero-order valence-electron chi connectivity index (χ0n) is 32.0. The molecule has 5 aliphatic rings. The van der Waals surface area contributed by atoms with Crippen molar-refractivity contribution in [2.24, 2.45) is 34.7 Å². The van der Waals surface area contributed by atoms with Gasteiger partial charge in [-0.25, -0.2) is 15.9 Å². The number of likely N-dealkylation sites (tertiary alicyclic amines) is 1. The van der Waals surface area contributed by atoms with Crippen molar-refractivity contribution in [3.8, 4) is 0 Å². The molecule has 0 radical (unpaired) electrons. The molecule has 2 heterocycles. The largest absolute Gasteiger partial charge is 0.481 e. The Balaban J connectivity index is 1.08. The van der Waals surface area contributed by atoms with Gasteiger partial charge in [0.2, 0.25) is 11.8 Å². The third kappa shape index (κ3) is 13.6. The predicted octanol–water partition coefficient (Wildman–Crippen LogP) is 6.52. The summed E-state index contributed by atoms with van der Waals surface area (Å²) in [5.41, 5.74) is 9.44. The first-order valence-electron chi connectivity index (χ1n) is 21.0. The number of hydrazone groups is 1. The van der Waals surface area contributed by atoms with Crippen LogP contribution in [0.15, 0.2) is 5.10 Å². The Kier molecular flexibility index (Phi) is 17.2. The first-order chi connectivity index (χ1) is 26.0. The van der Waals surface area contributed by atoms with Crippen LogP contribution in [0.4, 0.5) is 13.2 Å². The molecule has 0 aromatic rings. The fourth-order valence-corrected chi connectivity index (χ4v) is 10.0. The highest BCUT2D eigenvalue weighted by atomic mass is 35.5. The van der Waals surface area contributed by atoms with E-state index in [4.69, 9.17) is 16.7 Å². The summed E-state index contributed by atoms with van der Waals surface area (Å²) < 4.78 is 40.5. The van der Waals surface area contributed by atoms with Crippen LogP contribution in [0, 0.1) is 29.6 Å². The van der Waals surface area contributed by atoms with Gasteiger partial charge in [-0.05, 0) is 108 Å². The molecule has 9 unspecified atom stereocenters. The van der Waals surface area contributed by atoms with Gasteiger partial charge in [0, 0.05) is 55.1 Å². The van der Waals surface area contributed by atoms with E-state index >= 15 is 0 Å². The summed E-state index contributed by atoms with van der Waals surface area (Å²) in [7, 11) is 0. The van der Waals surface area contributed by atoms with Crippen molar-refractivity contribution in [1.29, 1.82) is 0 Å². The van der Waals surface area contributed by atoms with Gasteiger partial charge in [-0.3, -0.25) is 14.4 Å². The van der Waals surface area contributed by atoms with Crippen LogP contribution >= 0.6 is 11.6 Å². The molecule has 5 fully saturated rings. The highest BCUT2D eigenvalue weighted by Gasteiger charge is 2.47. The SMILES string of the molecule is O=C(O)CCCCCCCCC1CN(CC2CCCC(C(=O)NC3CCC(N4CCCCC4)CC3C(=O)N/N=C/C3CCC(Cl)C(C(F)(F)F)C3)C2)NN1. The summed E-state index contributed by atoms with van der Waals surface area (Å²) >= 11 is 6.01. The van der Waals surface area contributed by atoms with Crippen LogP contribution in [0.3, 0.4) is 0 Å². The van der Waals surface area contributed by atoms with Gasteiger partial charge < -0.3 is 15.3 Å². The summed E-state index contributed by atoms with van der Waals surface area (Å²) in [5, 5.41) is 17.5. The number of amides is 2. The van der Waals surface area contributed by atoms with E-state index in [0.717, 1.165) is 116 Å². The minimum absolute atomic E-state index is 0.0202. The van der Waals surface area contributed by atoms with Crippen LogP contribution in [0.1, 0.15) is 135 Å². The molecular weight excluding hydrogens is 723 g/mol. The van der Waals surface area contributed by atoms with Crippen molar-refractivity contribution < 1.29 is 32.7 Å². The molecule has 308 valence electrons. The number of halogens is 4. The summed E-state index contributed by atoms with van der Waals surface area (Å²) in [6, 6.07) is 0.319. The lowest BCUT2D eigenvalue weighted by Gasteiger charge is -2.42. The van der Waals surface area contributed by atoms with Crippen LogP contribution < -0.4 is 21.7 Å². The van der Waals surface area contributed by atoms with E-state index in [1.807, 2.05) is 0 Å². The second kappa shape index (κ2) is 21.5. The number of piperidine rings is 1. The molecule has 0 aromatic carbocycles. The predicted molar refractivity (Wildman–Crippen MR) is 203 cm³/mol. The number of rotatable bonds is 17. The van der Waals surface area contributed by atoms with Crippen molar-refractivity contribution in [2.75, 3.05) is 26.2 Å². The molecular formula is C39H65ClF3N7O4. The van der Waals surface area contributed by atoms with Crippen LogP contribution in [-0.2, 0) is 14.4 Å². The number of hydrogen-bond acceptors (Lipinski definition) is 8. The van der Waals surface area contributed by atoms with Crippen molar-refractivity contribution in [3.63, 3.8) is 0 Å². The summed E-state index contributed by atoms with van der Waals surface area (Å²) in [6.45, 7) is 3.82. The number of carbonyl (C=O) groups is 3. The van der Waals surface area contributed by atoms with Gasteiger partial charge in [-0.2, -0.15) is 23.8 Å². The van der Waals surface area contributed by atoms with Crippen molar-refractivity contribution >= 4 is 35.6 Å². The first kappa shape index (κ1) is 43.1. The molecule has 5 rings (SSSR count). The molecule has 0 aromatic heterocycles. The van der Waals surface area contributed by atoms with E-state index in [-0.39, 0.29) is 49.1 Å². The van der Waals surface area contributed by atoms with Crippen LogP contribution in [-0.4, -0.2) is 94.9 Å². The van der Waals surface area contributed by atoms with E-state index in [1.54, 1.807) is 0 Å². The number of nitrogens with zero attached hydrogens (tertiary/aromatic N) is 3. The Bertz CT molecular complexity index is 1230. The Labute approximate surface area is 324 Å². The number of unbranched alkanes of at least 4 members (excludes halogenated alkanes) is 5. The minimum atomic E-state index is -4.36. The monoisotopic (exact) mass is 787 g/mol. The number of carboxylic acids is 1. The average Bonchev–Trinajstić information content (AvgIpc) is 3.60. The van der Waals surface area contributed by atoms with Crippen LogP contribution in [0.5, 0.6) is 0 Å². The number of hydrazine groups is 2. The Morgan fingerprint density at radius 3 is 2.39 bits per heavy atom. The third-order valence-electron chi connectivity index (χ3n) is 12.8. The third-order valence-corrected chi connectivity index (χ3v) is 13.3. The lowest BCUT2D eigenvalue weighted by Crippen LogP contribution is -2.54. The molecule has 15 heteroatoms. The molecule has 9 atom stereocenters. The van der Waals surface area contributed by atoms with Gasteiger partial charge in [0.15, 0.2) is 0 Å². The molecule has 54 heavy (non-hydrogen) atoms. The molecule has 5 N–H and O–H groups in total. The lowest BCUT2D eigenvalue weighted by atomic mass is 9.78. The average molecular weight is 788 g/mol. The van der Waals surface area contributed by atoms with Gasteiger partial charge in [0.25, 0.3) is 0 Å². The van der Waals surface area contributed by atoms with Crippen molar-refractivity contribution in [2.45, 2.75) is 165 Å². The Morgan fingerprint density at radius 1 is 0.870 bits per heavy atom. The maximum absolute atomic E-state index is 13.8. The molecule has 3 saturated carbocycles. The quantitative estimate of drug-likeness (QED) is 0.0487. The Hall–Kier alpha value is -2.00. The molecule has 2 aliphatic heterocycles. The van der Waals surface area contributed by atoms with Gasteiger partial charge >= 0.3 is 12.1 Å². The zero-order valence-corrected chi connectivity index (χ0v) is 32.7. The van der Waals surface area contributed by atoms with Gasteiger partial charge in [-0.15, -0.1) is 11.6 Å². The molecule has 3 aliphatic carbocycles. The summed E-state index contributed by atoms with van der Waals surface area (Å²) in [5.74, 6) is -3.16.